The normalized spacial score (nSPS) is 15.0. The standard InChI is InChI=1S/C21H23ClN4O3S/c1-21(2,3)24-19(27)12-13-26(23-14-15-8-10-16(22)11-9-15)20-17-6-4-5-7-18(17)30(28,29)25-20/h4-11,14H,12-13H2,1-3H3,(H,24,27)/b23-14-. The Bertz CT molecular complexity index is 1100. The van der Waals surface area contributed by atoms with Crippen molar-refractivity contribution < 1.29 is 13.2 Å². The number of amidine groups is 1. The highest BCUT2D eigenvalue weighted by Crippen LogP contribution is 2.27. The first-order chi connectivity index (χ1) is 14.0. The van der Waals surface area contributed by atoms with Gasteiger partial charge in [-0.25, -0.2) is 5.01 Å². The Balaban J connectivity index is 1.90. The number of benzene rings is 2. The first kappa shape index (κ1) is 22.0. The van der Waals surface area contributed by atoms with Crippen LogP contribution in [0.3, 0.4) is 0 Å². The van der Waals surface area contributed by atoms with Gasteiger partial charge in [-0.1, -0.05) is 35.9 Å². The molecule has 0 saturated carbocycles. The molecule has 0 aromatic heterocycles. The Morgan fingerprint density at radius 3 is 2.50 bits per heavy atom. The van der Waals surface area contributed by atoms with Crippen LogP contribution in [0.15, 0.2) is 62.9 Å². The molecule has 0 saturated heterocycles. The number of carbonyl (C=O) groups excluding carboxylic acids is 1. The van der Waals surface area contributed by atoms with Gasteiger partial charge in [0.2, 0.25) is 5.91 Å². The summed E-state index contributed by atoms with van der Waals surface area (Å²) in [6, 6.07) is 13.6. The van der Waals surface area contributed by atoms with Crippen LogP contribution >= 0.6 is 11.6 Å². The summed E-state index contributed by atoms with van der Waals surface area (Å²) in [5.74, 6) is 0.0308. The third kappa shape index (κ3) is 5.46. The SMILES string of the molecule is CC(C)(C)NC(=O)CCN(/N=C\c1ccc(Cl)cc1)C1=NS(=O)(=O)c2ccccc21. The van der Waals surface area contributed by atoms with Crippen molar-refractivity contribution in [3.63, 3.8) is 0 Å². The van der Waals surface area contributed by atoms with Crippen LogP contribution in [0, 0.1) is 0 Å². The topological polar surface area (TPSA) is 91.2 Å². The number of carbonyl (C=O) groups is 1. The highest BCUT2D eigenvalue weighted by atomic mass is 35.5. The second-order valence-electron chi connectivity index (χ2n) is 7.85. The number of halogens is 1. The highest BCUT2D eigenvalue weighted by Gasteiger charge is 2.32. The minimum atomic E-state index is -3.80. The minimum Gasteiger partial charge on any atom is -0.351 e. The summed E-state index contributed by atoms with van der Waals surface area (Å²) >= 11 is 5.92. The summed E-state index contributed by atoms with van der Waals surface area (Å²) in [5.41, 5.74) is 0.871. The highest BCUT2D eigenvalue weighted by molar-refractivity contribution is 7.90. The van der Waals surface area contributed by atoms with Crippen molar-refractivity contribution >= 4 is 39.6 Å². The van der Waals surface area contributed by atoms with Crippen LogP contribution in [0.5, 0.6) is 0 Å². The lowest BCUT2D eigenvalue weighted by atomic mass is 10.1. The van der Waals surface area contributed by atoms with Crippen molar-refractivity contribution in [3.8, 4) is 0 Å². The summed E-state index contributed by atoms with van der Waals surface area (Å²) in [4.78, 5) is 12.4. The smallest absolute Gasteiger partial charge is 0.285 e. The number of nitrogens with zero attached hydrogens (tertiary/aromatic N) is 3. The molecule has 2 aromatic rings. The molecule has 7 nitrogen and oxygen atoms in total. The first-order valence-electron chi connectivity index (χ1n) is 9.38. The summed E-state index contributed by atoms with van der Waals surface area (Å²) < 4.78 is 28.8. The summed E-state index contributed by atoms with van der Waals surface area (Å²) in [6.07, 6.45) is 1.70. The molecule has 0 aliphatic carbocycles. The summed E-state index contributed by atoms with van der Waals surface area (Å²) in [5, 5.41) is 9.36. The monoisotopic (exact) mass is 446 g/mol. The Morgan fingerprint density at radius 1 is 1.17 bits per heavy atom. The molecule has 0 spiro atoms. The van der Waals surface area contributed by atoms with Crippen LogP contribution in [-0.4, -0.2) is 43.5 Å². The zero-order chi connectivity index (χ0) is 21.9. The number of rotatable bonds is 5. The molecule has 1 amide bonds. The Morgan fingerprint density at radius 2 is 1.83 bits per heavy atom. The number of nitrogens with one attached hydrogen (secondary N) is 1. The van der Waals surface area contributed by atoms with Crippen molar-refractivity contribution in [2.75, 3.05) is 6.54 Å². The van der Waals surface area contributed by atoms with Crippen LogP contribution in [0.4, 0.5) is 0 Å². The van der Waals surface area contributed by atoms with Gasteiger partial charge in [0, 0.05) is 22.5 Å². The number of amides is 1. The van der Waals surface area contributed by atoms with Crippen LogP contribution < -0.4 is 5.32 Å². The van der Waals surface area contributed by atoms with E-state index >= 15 is 0 Å². The molecule has 1 heterocycles. The van der Waals surface area contributed by atoms with Gasteiger partial charge < -0.3 is 5.32 Å². The van der Waals surface area contributed by atoms with Crippen molar-refractivity contribution in [2.45, 2.75) is 37.6 Å². The quantitative estimate of drug-likeness (QED) is 0.562. The fraction of sp³-hybridized carbons (Fsp3) is 0.286. The molecule has 1 N–H and O–H groups in total. The van der Waals surface area contributed by atoms with E-state index in [1.807, 2.05) is 20.8 Å². The van der Waals surface area contributed by atoms with E-state index in [-0.39, 0.29) is 35.1 Å². The number of hydrogen-bond acceptors (Lipinski definition) is 5. The maximum absolute atomic E-state index is 12.4. The Hall–Kier alpha value is -2.71. The van der Waals surface area contributed by atoms with E-state index < -0.39 is 10.0 Å². The van der Waals surface area contributed by atoms with Gasteiger partial charge >= 0.3 is 0 Å². The van der Waals surface area contributed by atoms with Crippen molar-refractivity contribution in [3.05, 3.63) is 64.7 Å². The van der Waals surface area contributed by atoms with E-state index in [0.717, 1.165) is 5.56 Å². The number of hydrazone groups is 1. The molecule has 30 heavy (non-hydrogen) atoms. The zero-order valence-corrected chi connectivity index (χ0v) is 18.5. The van der Waals surface area contributed by atoms with Crippen molar-refractivity contribution in [2.24, 2.45) is 9.50 Å². The van der Waals surface area contributed by atoms with E-state index in [9.17, 15) is 13.2 Å². The van der Waals surface area contributed by atoms with Crippen LogP contribution in [0.25, 0.3) is 0 Å². The molecular formula is C21H23ClN4O3S. The minimum absolute atomic E-state index is 0.121. The number of hydrogen-bond donors (Lipinski definition) is 1. The largest absolute Gasteiger partial charge is 0.351 e. The van der Waals surface area contributed by atoms with Crippen molar-refractivity contribution in [1.82, 2.24) is 10.3 Å². The fourth-order valence-electron chi connectivity index (χ4n) is 2.87. The predicted molar refractivity (Wildman–Crippen MR) is 118 cm³/mol. The third-order valence-corrected chi connectivity index (χ3v) is 5.72. The second-order valence-corrected chi connectivity index (χ2v) is 9.86. The molecule has 3 rings (SSSR count). The van der Waals surface area contributed by atoms with E-state index in [2.05, 4.69) is 14.8 Å². The van der Waals surface area contributed by atoms with Crippen LogP contribution in [0.1, 0.15) is 38.3 Å². The molecule has 158 valence electrons. The molecule has 0 unspecified atom stereocenters. The van der Waals surface area contributed by atoms with Gasteiger partial charge in [0.1, 0.15) is 4.90 Å². The molecule has 0 bridgehead atoms. The van der Waals surface area contributed by atoms with Gasteiger partial charge in [0.15, 0.2) is 5.84 Å². The molecule has 9 heteroatoms. The Kier molecular flexibility index (Phi) is 6.28. The maximum atomic E-state index is 12.4. The lowest BCUT2D eigenvalue weighted by Crippen LogP contribution is -2.42. The maximum Gasteiger partial charge on any atom is 0.285 e. The fourth-order valence-corrected chi connectivity index (χ4v) is 4.20. The molecule has 2 aromatic carbocycles. The number of sulfonamides is 1. The van der Waals surface area contributed by atoms with Gasteiger partial charge in [0.25, 0.3) is 10.0 Å². The molecule has 0 atom stereocenters. The van der Waals surface area contributed by atoms with Crippen LogP contribution in [0.2, 0.25) is 5.02 Å². The average Bonchev–Trinajstić information content (AvgIpc) is 2.93. The summed E-state index contributed by atoms with van der Waals surface area (Å²) in [7, 11) is -3.80. The molecule has 0 fully saturated rings. The lowest BCUT2D eigenvalue weighted by Gasteiger charge is -2.22. The van der Waals surface area contributed by atoms with E-state index in [1.54, 1.807) is 48.7 Å². The molecular weight excluding hydrogens is 424 g/mol. The van der Waals surface area contributed by atoms with E-state index in [0.29, 0.717) is 10.6 Å². The molecule has 0 radical (unpaired) electrons. The zero-order valence-electron chi connectivity index (χ0n) is 17.0. The Labute approximate surface area is 181 Å². The van der Waals surface area contributed by atoms with E-state index in [4.69, 9.17) is 11.6 Å². The predicted octanol–water partition coefficient (Wildman–Crippen LogP) is 3.43. The summed E-state index contributed by atoms with van der Waals surface area (Å²) in [6.45, 7) is 5.84. The van der Waals surface area contributed by atoms with Gasteiger partial charge in [-0.3, -0.25) is 4.79 Å². The van der Waals surface area contributed by atoms with Gasteiger partial charge in [0.05, 0.1) is 12.8 Å². The average molecular weight is 447 g/mol. The van der Waals surface area contributed by atoms with Gasteiger partial charge in [-0.2, -0.15) is 13.5 Å². The molecule has 1 aliphatic heterocycles. The number of fused-ring (bicyclic) bond motifs is 1. The van der Waals surface area contributed by atoms with Gasteiger partial charge in [-0.15, -0.1) is 4.40 Å². The first-order valence-corrected chi connectivity index (χ1v) is 11.2. The van der Waals surface area contributed by atoms with Gasteiger partial charge in [-0.05, 0) is 50.6 Å². The second kappa shape index (κ2) is 8.57. The van der Waals surface area contributed by atoms with Crippen LogP contribution in [-0.2, 0) is 14.8 Å². The van der Waals surface area contributed by atoms with E-state index in [1.165, 1.54) is 11.1 Å². The molecule has 1 aliphatic rings. The third-order valence-electron chi connectivity index (χ3n) is 4.14. The van der Waals surface area contributed by atoms with Crippen molar-refractivity contribution in [1.29, 1.82) is 0 Å². The lowest BCUT2D eigenvalue weighted by molar-refractivity contribution is -0.122.